The van der Waals surface area contributed by atoms with Crippen molar-refractivity contribution in [2.24, 2.45) is 0 Å². The van der Waals surface area contributed by atoms with Gasteiger partial charge in [-0.15, -0.1) is 11.3 Å². The summed E-state index contributed by atoms with van der Waals surface area (Å²) < 4.78 is 1.00. The molecule has 1 N–H and O–H groups in total. The number of rotatable bonds is 8. The van der Waals surface area contributed by atoms with Crippen LogP contribution < -0.4 is 5.32 Å². The maximum absolute atomic E-state index is 12.1. The third kappa shape index (κ3) is 5.97. The van der Waals surface area contributed by atoms with Crippen LogP contribution in [0.15, 0.2) is 58.5 Å². The molecule has 2 heterocycles. The third-order valence-corrected chi connectivity index (χ3v) is 5.98. The molecule has 2 aromatic heterocycles. The van der Waals surface area contributed by atoms with Crippen molar-refractivity contribution < 1.29 is 4.79 Å². The lowest BCUT2D eigenvalue weighted by atomic mass is 10.2. The van der Waals surface area contributed by atoms with E-state index in [1.165, 1.54) is 16.7 Å². The number of nitrogens with zero attached hydrogens (tertiary/aromatic N) is 2. The molecule has 3 rings (SSSR count). The standard InChI is InChI=1S/C20H21N3OS2/c1-15-2-4-17(5-3-15)13-25-20-23-18(14-26-20)12-19(24)22-11-8-16-6-9-21-10-7-16/h2-7,9-10,14H,8,11-13H2,1H3,(H,22,24). The molecule has 4 nitrogen and oxygen atoms in total. The second-order valence-electron chi connectivity index (χ2n) is 6.01. The fourth-order valence-electron chi connectivity index (χ4n) is 2.39. The molecule has 3 aromatic rings. The van der Waals surface area contributed by atoms with Gasteiger partial charge in [-0.3, -0.25) is 9.78 Å². The highest BCUT2D eigenvalue weighted by atomic mass is 32.2. The van der Waals surface area contributed by atoms with E-state index >= 15 is 0 Å². The summed E-state index contributed by atoms with van der Waals surface area (Å²) in [5, 5.41) is 4.92. The van der Waals surface area contributed by atoms with Gasteiger partial charge in [0.15, 0.2) is 0 Å². The summed E-state index contributed by atoms with van der Waals surface area (Å²) in [7, 11) is 0. The predicted octanol–water partition coefficient (Wildman–Crippen LogP) is 4.04. The molecule has 0 saturated carbocycles. The van der Waals surface area contributed by atoms with Crippen LogP contribution >= 0.6 is 23.1 Å². The Bertz CT molecular complexity index is 832. The smallest absolute Gasteiger partial charge is 0.226 e. The number of hydrogen-bond donors (Lipinski definition) is 1. The van der Waals surface area contributed by atoms with Crippen LogP contribution in [-0.2, 0) is 23.4 Å². The van der Waals surface area contributed by atoms with Crippen LogP contribution in [0.1, 0.15) is 22.4 Å². The third-order valence-electron chi connectivity index (χ3n) is 3.84. The van der Waals surface area contributed by atoms with Gasteiger partial charge in [0.1, 0.15) is 4.34 Å². The molecule has 0 aliphatic heterocycles. The molecule has 1 amide bonds. The first-order chi connectivity index (χ1) is 12.7. The molecule has 0 unspecified atom stereocenters. The van der Waals surface area contributed by atoms with E-state index < -0.39 is 0 Å². The summed E-state index contributed by atoms with van der Waals surface area (Å²) >= 11 is 3.31. The Labute approximate surface area is 162 Å². The van der Waals surface area contributed by atoms with Crippen molar-refractivity contribution in [3.63, 3.8) is 0 Å². The molecule has 134 valence electrons. The fourth-order valence-corrected chi connectivity index (χ4v) is 4.19. The van der Waals surface area contributed by atoms with Crippen molar-refractivity contribution in [2.75, 3.05) is 6.54 Å². The molecule has 0 radical (unpaired) electrons. The van der Waals surface area contributed by atoms with Gasteiger partial charge in [0, 0.05) is 30.1 Å². The number of amides is 1. The first-order valence-electron chi connectivity index (χ1n) is 8.47. The van der Waals surface area contributed by atoms with Crippen LogP contribution in [-0.4, -0.2) is 22.4 Å². The Morgan fingerprint density at radius 1 is 1.12 bits per heavy atom. The Hall–Kier alpha value is -2.18. The second kappa shape index (κ2) is 9.50. The maximum Gasteiger partial charge on any atom is 0.226 e. The zero-order chi connectivity index (χ0) is 18.2. The molecule has 0 saturated heterocycles. The van der Waals surface area contributed by atoms with Crippen LogP contribution in [0.5, 0.6) is 0 Å². The van der Waals surface area contributed by atoms with Crippen molar-refractivity contribution in [3.8, 4) is 0 Å². The predicted molar refractivity (Wildman–Crippen MR) is 108 cm³/mol. The Balaban J connectivity index is 1.41. The van der Waals surface area contributed by atoms with Crippen molar-refractivity contribution >= 4 is 29.0 Å². The quantitative estimate of drug-likeness (QED) is 0.597. The first-order valence-corrected chi connectivity index (χ1v) is 10.3. The topological polar surface area (TPSA) is 54.9 Å². The number of aromatic nitrogens is 2. The number of hydrogen-bond acceptors (Lipinski definition) is 5. The van der Waals surface area contributed by atoms with E-state index in [4.69, 9.17) is 0 Å². The van der Waals surface area contributed by atoms with Crippen molar-refractivity contribution in [1.29, 1.82) is 0 Å². The molecule has 0 aliphatic carbocycles. The van der Waals surface area contributed by atoms with E-state index in [1.807, 2.05) is 17.5 Å². The highest BCUT2D eigenvalue weighted by Gasteiger charge is 2.08. The zero-order valence-corrected chi connectivity index (χ0v) is 16.3. The van der Waals surface area contributed by atoms with Crippen molar-refractivity contribution in [1.82, 2.24) is 15.3 Å². The van der Waals surface area contributed by atoms with E-state index in [9.17, 15) is 4.79 Å². The Kier molecular flexibility index (Phi) is 6.80. The van der Waals surface area contributed by atoms with Gasteiger partial charge in [-0.2, -0.15) is 0 Å². The number of thioether (sulfide) groups is 1. The van der Waals surface area contributed by atoms with Gasteiger partial charge in [0.25, 0.3) is 0 Å². The number of nitrogens with one attached hydrogen (secondary N) is 1. The van der Waals surface area contributed by atoms with E-state index in [0.717, 1.165) is 22.2 Å². The van der Waals surface area contributed by atoms with Gasteiger partial charge in [-0.05, 0) is 36.6 Å². The number of carbonyl (C=O) groups is 1. The summed E-state index contributed by atoms with van der Waals surface area (Å²) in [4.78, 5) is 20.6. The summed E-state index contributed by atoms with van der Waals surface area (Å²) in [6.45, 7) is 2.72. The number of carbonyl (C=O) groups excluding carboxylic acids is 1. The van der Waals surface area contributed by atoms with Gasteiger partial charge in [0.05, 0.1) is 12.1 Å². The van der Waals surface area contributed by atoms with E-state index in [0.29, 0.717) is 13.0 Å². The van der Waals surface area contributed by atoms with Gasteiger partial charge >= 0.3 is 0 Å². The van der Waals surface area contributed by atoms with Crippen LogP contribution in [0, 0.1) is 6.92 Å². The van der Waals surface area contributed by atoms with Crippen molar-refractivity contribution in [3.05, 3.63) is 76.6 Å². The molecule has 0 fully saturated rings. The minimum atomic E-state index is 0.0134. The van der Waals surface area contributed by atoms with Crippen LogP contribution in [0.25, 0.3) is 0 Å². The van der Waals surface area contributed by atoms with E-state index in [1.54, 1.807) is 35.5 Å². The summed E-state index contributed by atoms with van der Waals surface area (Å²) in [6, 6.07) is 12.5. The van der Waals surface area contributed by atoms with E-state index in [-0.39, 0.29) is 5.91 Å². The largest absolute Gasteiger partial charge is 0.355 e. The Morgan fingerprint density at radius 3 is 2.65 bits per heavy atom. The van der Waals surface area contributed by atoms with Crippen LogP contribution in [0.2, 0.25) is 0 Å². The summed E-state index contributed by atoms with van der Waals surface area (Å²) in [5.74, 6) is 0.908. The number of benzene rings is 1. The second-order valence-corrected chi connectivity index (χ2v) is 8.09. The molecule has 0 bridgehead atoms. The minimum Gasteiger partial charge on any atom is -0.355 e. The molecule has 1 aromatic carbocycles. The fraction of sp³-hybridized carbons (Fsp3) is 0.250. The number of aryl methyl sites for hydroxylation is 1. The normalized spacial score (nSPS) is 10.7. The van der Waals surface area contributed by atoms with Gasteiger partial charge in [0.2, 0.25) is 5.91 Å². The number of pyridine rings is 1. The Morgan fingerprint density at radius 2 is 1.88 bits per heavy atom. The van der Waals surface area contributed by atoms with E-state index in [2.05, 4.69) is 46.5 Å². The first kappa shape index (κ1) is 18.6. The lowest BCUT2D eigenvalue weighted by Crippen LogP contribution is -2.27. The highest BCUT2D eigenvalue weighted by molar-refractivity contribution is 8.00. The van der Waals surface area contributed by atoms with Gasteiger partial charge in [-0.1, -0.05) is 41.6 Å². The van der Waals surface area contributed by atoms with Gasteiger partial charge < -0.3 is 5.32 Å². The summed E-state index contributed by atoms with van der Waals surface area (Å²) in [5.41, 5.74) is 4.56. The maximum atomic E-state index is 12.1. The minimum absolute atomic E-state index is 0.0134. The molecule has 0 spiro atoms. The van der Waals surface area contributed by atoms with Crippen LogP contribution in [0.3, 0.4) is 0 Å². The molecule has 26 heavy (non-hydrogen) atoms. The SMILES string of the molecule is Cc1ccc(CSc2nc(CC(=O)NCCc3ccncc3)cs2)cc1. The van der Waals surface area contributed by atoms with Crippen LogP contribution in [0.4, 0.5) is 0 Å². The van der Waals surface area contributed by atoms with Crippen molar-refractivity contribution in [2.45, 2.75) is 29.9 Å². The summed E-state index contributed by atoms with van der Waals surface area (Å²) in [6.07, 6.45) is 4.67. The molecule has 6 heteroatoms. The average Bonchev–Trinajstić information content (AvgIpc) is 3.09. The zero-order valence-electron chi connectivity index (χ0n) is 14.6. The molecule has 0 aliphatic rings. The molecular formula is C20H21N3OS2. The number of thiazole rings is 1. The lowest BCUT2D eigenvalue weighted by Gasteiger charge is -2.04. The monoisotopic (exact) mass is 383 g/mol. The van der Waals surface area contributed by atoms with Gasteiger partial charge in [-0.25, -0.2) is 4.98 Å². The average molecular weight is 384 g/mol. The molecular weight excluding hydrogens is 362 g/mol. The lowest BCUT2D eigenvalue weighted by molar-refractivity contribution is -0.120. The molecule has 0 atom stereocenters. The highest BCUT2D eigenvalue weighted by Crippen LogP contribution is 2.26.